The fourth-order valence-corrected chi connectivity index (χ4v) is 6.93. The number of allylic oxidation sites excluding steroid dienone is 1. The molecule has 0 aliphatic carbocycles. The maximum absolute atomic E-state index is 16.2. The summed E-state index contributed by atoms with van der Waals surface area (Å²) in [6, 6.07) is 10.3. The van der Waals surface area contributed by atoms with E-state index in [0.29, 0.717) is 48.3 Å². The Morgan fingerprint density at radius 1 is 1.23 bits per heavy atom. The molecule has 2 aromatic carbocycles. The number of ether oxygens (including phenoxy) is 1. The van der Waals surface area contributed by atoms with Gasteiger partial charge in [-0.2, -0.15) is 5.26 Å². The van der Waals surface area contributed by atoms with Gasteiger partial charge in [0.1, 0.15) is 35.6 Å². The number of likely N-dealkylation sites (N-methyl/N-ethyl adjacent to an activating group) is 1. The van der Waals surface area contributed by atoms with Gasteiger partial charge in [-0.25, -0.2) is 13.8 Å². The zero-order valence-corrected chi connectivity index (χ0v) is 25.4. The largest absolute Gasteiger partial charge is 0.475 e. The highest BCUT2D eigenvalue weighted by atomic mass is 35.5. The second-order valence-corrected chi connectivity index (χ2v) is 12.0. The molecule has 0 aromatic heterocycles. The van der Waals surface area contributed by atoms with Crippen LogP contribution in [0.2, 0.25) is 5.02 Å². The normalized spacial score (nSPS) is 25.7. The second-order valence-electron chi connectivity index (χ2n) is 11.6. The number of aliphatic imine (C=N–C) groups is 2. The van der Waals surface area contributed by atoms with Crippen LogP contribution in [-0.2, 0) is 9.53 Å². The Morgan fingerprint density at radius 3 is 2.75 bits per heavy atom. The summed E-state index contributed by atoms with van der Waals surface area (Å²) in [6.07, 6.45) is 3.92. The first-order valence-electron chi connectivity index (χ1n) is 14.8. The molecular weight excluding hydrogens is 586 g/mol. The first-order chi connectivity index (χ1) is 21.2. The number of halogens is 3. The van der Waals surface area contributed by atoms with Crippen LogP contribution in [0.1, 0.15) is 25.3 Å². The number of nitrogens with zero attached hydrogens (tertiary/aromatic N) is 6. The predicted octanol–water partition coefficient (Wildman–Crippen LogP) is 5.25. The van der Waals surface area contributed by atoms with Gasteiger partial charge in [0.15, 0.2) is 6.17 Å². The van der Waals surface area contributed by atoms with Gasteiger partial charge in [0, 0.05) is 48.4 Å². The fraction of sp³-hybridized carbons (Fsp3) is 0.394. The van der Waals surface area contributed by atoms with Crippen molar-refractivity contribution in [1.82, 2.24) is 14.7 Å². The van der Waals surface area contributed by atoms with E-state index in [1.54, 1.807) is 29.2 Å². The molecule has 6 rings (SSSR count). The minimum absolute atomic E-state index is 0.0113. The summed E-state index contributed by atoms with van der Waals surface area (Å²) in [5, 5.41) is 11.3. The fourth-order valence-electron chi connectivity index (χ4n) is 6.65. The number of dihydropyridines is 2. The first-order valence-corrected chi connectivity index (χ1v) is 15.2. The third kappa shape index (κ3) is 5.29. The van der Waals surface area contributed by atoms with Crippen molar-refractivity contribution >= 4 is 39.9 Å². The van der Waals surface area contributed by atoms with Crippen molar-refractivity contribution in [3.63, 3.8) is 0 Å². The highest BCUT2D eigenvalue weighted by Crippen LogP contribution is 2.40. The Kier molecular flexibility index (Phi) is 8.27. The van der Waals surface area contributed by atoms with Crippen LogP contribution in [0.3, 0.4) is 0 Å². The van der Waals surface area contributed by atoms with Gasteiger partial charge in [0.2, 0.25) is 11.8 Å². The van der Waals surface area contributed by atoms with Crippen LogP contribution in [0.25, 0.3) is 10.8 Å². The number of fused-ring (bicyclic) bond motifs is 2. The van der Waals surface area contributed by atoms with Crippen LogP contribution >= 0.6 is 11.6 Å². The van der Waals surface area contributed by atoms with Crippen molar-refractivity contribution in [2.75, 3.05) is 39.8 Å². The molecule has 8 nitrogen and oxygen atoms in total. The third-order valence-electron chi connectivity index (χ3n) is 8.98. The number of hydrogen-bond acceptors (Lipinski definition) is 7. The first kappa shape index (κ1) is 30.0. The van der Waals surface area contributed by atoms with E-state index in [4.69, 9.17) is 26.3 Å². The van der Waals surface area contributed by atoms with Gasteiger partial charge in [0.25, 0.3) is 0 Å². The molecule has 4 aliphatic heterocycles. The topological polar surface area (TPSA) is 84.5 Å². The van der Waals surface area contributed by atoms with Crippen molar-refractivity contribution in [2.24, 2.45) is 15.9 Å². The quantitative estimate of drug-likeness (QED) is 0.428. The summed E-state index contributed by atoms with van der Waals surface area (Å²) in [5.41, 5.74) is 1.17. The van der Waals surface area contributed by atoms with Crippen LogP contribution in [0.5, 0.6) is 0 Å². The lowest BCUT2D eigenvalue weighted by Gasteiger charge is -2.45. The van der Waals surface area contributed by atoms with Gasteiger partial charge in [-0.15, -0.1) is 0 Å². The van der Waals surface area contributed by atoms with Crippen molar-refractivity contribution in [2.45, 2.75) is 38.0 Å². The molecule has 2 fully saturated rings. The Balaban J connectivity index is 1.43. The van der Waals surface area contributed by atoms with Crippen molar-refractivity contribution < 1.29 is 18.3 Å². The Morgan fingerprint density at radius 2 is 2.05 bits per heavy atom. The van der Waals surface area contributed by atoms with E-state index in [1.807, 2.05) is 18.9 Å². The lowest BCUT2D eigenvalue weighted by atomic mass is 9.88. The molecule has 0 radical (unpaired) electrons. The molecule has 4 heterocycles. The van der Waals surface area contributed by atoms with E-state index in [9.17, 15) is 14.4 Å². The van der Waals surface area contributed by atoms with Crippen LogP contribution in [0.4, 0.5) is 8.78 Å². The summed E-state index contributed by atoms with van der Waals surface area (Å²) in [4.78, 5) is 27.9. The van der Waals surface area contributed by atoms with Gasteiger partial charge in [-0.05, 0) is 57.0 Å². The predicted molar refractivity (Wildman–Crippen MR) is 167 cm³/mol. The molecule has 1 amide bonds. The maximum Gasteiger partial charge on any atom is 0.246 e. The molecule has 44 heavy (non-hydrogen) atoms. The Hall–Kier alpha value is -4.07. The van der Waals surface area contributed by atoms with Gasteiger partial charge in [-0.1, -0.05) is 42.4 Å². The van der Waals surface area contributed by atoms with E-state index in [0.717, 1.165) is 19.4 Å². The summed E-state index contributed by atoms with van der Waals surface area (Å²) < 4.78 is 37.0. The van der Waals surface area contributed by atoms with E-state index in [1.165, 1.54) is 18.2 Å². The molecule has 4 atom stereocenters. The molecule has 2 saturated heterocycles. The van der Waals surface area contributed by atoms with Crippen LogP contribution in [-0.4, -0.2) is 90.3 Å². The molecule has 2 aromatic rings. The monoisotopic (exact) mass is 618 g/mol. The van der Waals surface area contributed by atoms with Crippen LogP contribution < -0.4 is 0 Å². The van der Waals surface area contributed by atoms with E-state index >= 15 is 4.39 Å². The molecule has 0 bridgehead atoms. The van der Waals surface area contributed by atoms with Gasteiger partial charge in [-0.3, -0.25) is 9.79 Å². The number of carbonyl (C=O) groups is 1. The zero-order chi connectivity index (χ0) is 31.1. The lowest BCUT2D eigenvalue weighted by molar-refractivity contribution is -0.128. The third-order valence-corrected chi connectivity index (χ3v) is 9.35. The number of rotatable bonds is 5. The summed E-state index contributed by atoms with van der Waals surface area (Å²) in [5.74, 6) is -1.92. The Labute approximate surface area is 260 Å². The molecule has 228 valence electrons. The van der Waals surface area contributed by atoms with E-state index in [2.05, 4.69) is 17.5 Å². The SMILES string of the molecule is C=CC(=O)N1CCN(C2=C(C#N)C(OC[C@@H]3CCCN3C)=NC3N=C(c4cccc5ccc(F)c(Cl)c45)C(F)=CC23)[C@@H](C)C1. The van der Waals surface area contributed by atoms with Gasteiger partial charge < -0.3 is 19.4 Å². The molecule has 4 aliphatic rings. The standard InChI is InChI=1S/C33H33ClF2N6O2/c1-4-27(43)41-13-14-42(19(2)17-41)31-23-15-26(36)30(22-9-5-7-20-10-11-25(35)29(34)28(20)22)38-32(23)39-33(24(31)16-37)44-18-21-8-6-12-40(21)3/h4-5,7,9-11,15,19,21,23,32H,1,6,8,12-14,17-18H2,2-3H3/t19-,21-,23?,32?/m0/s1. The summed E-state index contributed by atoms with van der Waals surface area (Å²) in [7, 11) is 2.04. The smallest absolute Gasteiger partial charge is 0.246 e. The maximum atomic E-state index is 16.2. The molecule has 0 saturated carbocycles. The lowest BCUT2D eigenvalue weighted by Crippen LogP contribution is -2.55. The molecular formula is C33H33ClF2N6O2. The van der Waals surface area contributed by atoms with Crippen molar-refractivity contribution in [3.05, 3.63) is 82.6 Å². The molecule has 2 unspecified atom stereocenters. The number of carbonyl (C=O) groups excluding carboxylic acids is 1. The average Bonchev–Trinajstić information content (AvgIpc) is 3.44. The van der Waals surface area contributed by atoms with Crippen LogP contribution in [0.15, 0.2) is 76.1 Å². The molecule has 0 spiro atoms. The van der Waals surface area contributed by atoms with Crippen LogP contribution in [0, 0.1) is 23.1 Å². The highest BCUT2D eigenvalue weighted by Gasteiger charge is 2.42. The van der Waals surface area contributed by atoms with Crippen molar-refractivity contribution in [3.8, 4) is 6.07 Å². The number of amides is 1. The highest BCUT2D eigenvalue weighted by molar-refractivity contribution is 6.37. The minimum Gasteiger partial charge on any atom is -0.475 e. The number of nitriles is 1. The number of piperazine rings is 1. The minimum atomic E-state index is -0.837. The van der Waals surface area contributed by atoms with E-state index < -0.39 is 23.7 Å². The van der Waals surface area contributed by atoms with Gasteiger partial charge in [0.05, 0.1) is 10.9 Å². The van der Waals surface area contributed by atoms with E-state index in [-0.39, 0.29) is 40.2 Å². The van der Waals surface area contributed by atoms with Gasteiger partial charge >= 0.3 is 0 Å². The second kappa shape index (κ2) is 12.1. The molecule has 0 N–H and O–H groups in total. The molecule has 11 heteroatoms. The Bertz CT molecular complexity index is 1690. The number of benzene rings is 2. The summed E-state index contributed by atoms with van der Waals surface area (Å²) >= 11 is 6.39. The number of likely N-dealkylation sites (tertiary alicyclic amines) is 1. The summed E-state index contributed by atoms with van der Waals surface area (Å²) in [6.45, 7) is 8.12. The number of hydrogen-bond donors (Lipinski definition) is 0. The average molecular weight is 619 g/mol. The zero-order valence-electron chi connectivity index (χ0n) is 24.6. The van der Waals surface area contributed by atoms with Crippen molar-refractivity contribution in [1.29, 1.82) is 5.26 Å².